The summed E-state index contributed by atoms with van der Waals surface area (Å²) in [5, 5.41) is 13.0. The second-order valence-corrected chi connectivity index (χ2v) is 3.32. The van der Waals surface area contributed by atoms with Gasteiger partial charge in [0.25, 0.3) is 0 Å². The van der Waals surface area contributed by atoms with E-state index >= 15 is 0 Å². The third-order valence-electron chi connectivity index (χ3n) is 1.39. The van der Waals surface area contributed by atoms with Crippen molar-refractivity contribution in [3.05, 3.63) is 28.8 Å². The van der Waals surface area contributed by atoms with Crippen molar-refractivity contribution in [1.82, 2.24) is 0 Å². The van der Waals surface area contributed by atoms with Crippen LogP contribution in [-0.2, 0) is 0 Å². The molecule has 0 aliphatic rings. The van der Waals surface area contributed by atoms with Crippen molar-refractivity contribution in [2.75, 3.05) is 0 Å². The van der Waals surface area contributed by atoms with E-state index in [2.05, 4.69) is 5.16 Å². The fourth-order valence-electron chi connectivity index (χ4n) is 0.805. The molecule has 0 aliphatic carbocycles. The Morgan fingerprint density at radius 2 is 2.21 bits per heavy atom. The predicted octanol–water partition coefficient (Wildman–Crippen LogP) is 2.99. The zero-order valence-corrected chi connectivity index (χ0v) is 8.67. The summed E-state index contributed by atoms with van der Waals surface area (Å²) in [6, 6.07) is 6.79. The lowest BCUT2D eigenvalue weighted by Gasteiger charge is -2.01. The molecule has 4 heteroatoms. The molecule has 0 radical (unpaired) electrons. The van der Waals surface area contributed by atoms with Crippen LogP contribution in [0.25, 0.3) is 0 Å². The topological polar surface area (TPSA) is 45.4 Å². The molecule has 3 nitrogen and oxygen atoms in total. The van der Waals surface area contributed by atoms with Gasteiger partial charge < -0.3 is 4.84 Å². The number of halogens is 1. The first-order valence-electron chi connectivity index (χ1n) is 4.01. The Labute approximate surface area is 87.5 Å². The van der Waals surface area contributed by atoms with Crippen LogP contribution in [0.3, 0.4) is 0 Å². The van der Waals surface area contributed by atoms with E-state index in [9.17, 15) is 0 Å². The minimum Gasteiger partial charge on any atom is -0.356 e. The summed E-state index contributed by atoms with van der Waals surface area (Å²) >= 11 is 5.75. The lowest BCUT2D eigenvalue weighted by atomic mass is 10.2. The smallest absolute Gasteiger partial charge is 0.177 e. The van der Waals surface area contributed by atoms with Crippen LogP contribution in [0, 0.1) is 11.3 Å². The Morgan fingerprint density at radius 3 is 2.79 bits per heavy atom. The van der Waals surface area contributed by atoms with Gasteiger partial charge in [0.05, 0.1) is 11.3 Å². The lowest BCUT2D eigenvalue weighted by Crippen LogP contribution is -1.91. The minimum absolute atomic E-state index is 0.376. The van der Waals surface area contributed by atoms with Gasteiger partial charge in [0, 0.05) is 11.1 Å². The molecule has 0 amide bonds. The fourth-order valence-corrected chi connectivity index (χ4v) is 0.967. The summed E-state index contributed by atoms with van der Waals surface area (Å²) < 4.78 is 0. The van der Waals surface area contributed by atoms with Crippen LogP contribution in [0.4, 0.5) is 0 Å². The Morgan fingerprint density at radius 1 is 1.50 bits per heavy atom. The average Bonchev–Trinajstić information content (AvgIpc) is 2.15. The van der Waals surface area contributed by atoms with E-state index in [-0.39, 0.29) is 0 Å². The third kappa shape index (κ3) is 2.75. The monoisotopic (exact) mass is 208 g/mol. The van der Waals surface area contributed by atoms with E-state index < -0.39 is 0 Å². The van der Waals surface area contributed by atoms with Gasteiger partial charge in [-0.3, -0.25) is 0 Å². The van der Waals surface area contributed by atoms with E-state index in [1.807, 2.05) is 6.07 Å². The summed E-state index contributed by atoms with van der Waals surface area (Å²) in [4.78, 5) is 5.05. The van der Waals surface area contributed by atoms with Gasteiger partial charge in [0.2, 0.25) is 0 Å². The predicted molar refractivity (Wildman–Crippen MR) is 55.6 cm³/mol. The van der Waals surface area contributed by atoms with Crippen molar-refractivity contribution in [3.63, 3.8) is 0 Å². The molecule has 1 rings (SSSR count). The molecule has 0 aromatic heterocycles. The summed E-state index contributed by atoms with van der Waals surface area (Å²) in [5.41, 5.74) is 1.19. The lowest BCUT2D eigenvalue weighted by molar-refractivity contribution is 0.340. The van der Waals surface area contributed by atoms with Crippen molar-refractivity contribution < 1.29 is 4.84 Å². The largest absolute Gasteiger partial charge is 0.356 e. The highest BCUT2D eigenvalue weighted by Gasteiger charge is 2.03. The molecule has 0 spiro atoms. The first kappa shape index (κ1) is 10.6. The number of benzene rings is 1. The van der Waals surface area contributed by atoms with E-state index in [0.717, 1.165) is 5.71 Å². The Bertz CT molecular complexity index is 403. The first-order valence-corrected chi connectivity index (χ1v) is 4.39. The van der Waals surface area contributed by atoms with Gasteiger partial charge in [-0.05, 0) is 26.0 Å². The van der Waals surface area contributed by atoms with Gasteiger partial charge in [-0.1, -0.05) is 16.8 Å². The molecule has 0 fully saturated rings. The minimum atomic E-state index is 0.376. The van der Waals surface area contributed by atoms with Crippen LogP contribution < -0.4 is 4.84 Å². The van der Waals surface area contributed by atoms with Gasteiger partial charge in [0.1, 0.15) is 6.07 Å². The van der Waals surface area contributed by atoms with Crippen molar-refractivity contribution in [2.45, 2.75) is 13.8 Å². The van der Waals surface area contributed by atoms with Crippen molar-refractivity contribution in [1.29, 1.82) is 5.26 Å². The zero-order chi connectivity index (χ0) is 10.6. The second kappa shape index (κ2) is 4.64. The molecule has 0 saturated carbocycles. The normalized spacial score (nSPS) is 9.00. The number of rotatable bonds is 2. The van der Waals surface area contributed by atoms with Crippen LogP contribution in [0.2, 0.25) is 5.02 Å². The quantitative estimate of drug-likeness (QED) is 0.554. The van der Waals surface area contributed by atoms with Crippen LogP contribution in [0.15, 0.2) is 23.4 Å². The highest BCUT2D eigenvalue weighted by atomic mass is 35.5. The van der Waals surface area contributed by atoms with Crippen molar-refractivity contribution >= 4 is 17.3 Å². The number of hydrogen-bond acceptors (Lipinski definition) is 3. The molecular weight excluding hydrogens is 200 g/mol. The van der Waals surface area contributed by atoms with Gasteiger partial charge in [-0.25, -0.2) is 0 Å². The molecular formula is C10H9ClN2O. The molecule has 0 unspecified atom stereocenters. The summed E-state index contributed by atoms with van der Waals surface area (Å²) in [6.45, 7) is 3.60. The molecule has 0 aliphatic heterocycles. The van der Waals surface area contributed by atoms with Crippen LogP contribution in [-0.4, -0.2) is 5.71 Å². The maximum absolute atomic E-state index is 8.75. The van der Waals surface area contributed by atoms with E-state index in [0.29, 0.717) is 16.3 Å². The van der Waals surface area contributed by atoms with Gasteiger partial charge >= 0.3 is 0 Å². The molecule has 14 heavy (non-hydrogen) atoms. The summed E-state index contributed by atoms with van der Waals surface area (Å²) in [6.07, 6.45) is 0. The maximum Gasteiger partial charge on any atom is 0.177 e. The van der Waals surface area contributed by atoms with E-state index in [1.165, 1.54) is 0 Å². The zero-order valence-electron chi connectivity index (χ0n) is 7.91. The Hall–Kier alpha value is -1.53. The SMILES string of the molecule is CC(C)=NOc1cc(Cl)ccc1C#N. The van der Waals surface area contributed by atoms with Gasteiger partial charge in [-0.2, -0.15) is 5.26 Å². The van der Waals surface area contributed by atoms with Crippen LogP contribution in [0.5, 0.6) is 5.75 Å². The summed E-state index contributed by atoms with van der Waals surface area (Å²) in [7, 11) is 0. The molecule has 0 saturated heterocycles. The van der Waals surface area contributed by atoms with E-state index in [1.54, 1.807) is 32.0 Å². The number of hydrogen-bond donors (Lipinski definition) is 0. The van der Waals surface area contributed by atoms with Crippen molar-refractivity contribution in [3.8, 4) is 11.8 Å². The van der Waals surface area contributed by atoms with Crippen molar-refractivity contribution in [2.24, 2.45) is 5.16 Å². The van der Waals surface area contributed by atoms with Gasteiger partial charge in [0.15, 0.2) is 5.75 Å². The average molecular weight is 209 g/mol. The van der Waals surface area contributed by atoms with Gasteiger partial charge in [-0.15, -0.1) is 0 Å². The molecule has 1 aromatic carbocycles. The molecule has 0 bridgehead atoms. The molecule has 1 aromatic rings. The van der Waals surface area contributed by atoms with Crippen LogP contribution in [0.1, 0.15) is 19.4 Å². The van der Waals surface area contributed by atoms with Crippen LogP contribution >= 0.6 is 11.6 Å². The number of nitriles is 1. The first-order chi connectivity index (χ1) is 6.63. The summed E-state index contributed by atoms with van der Waals surface area (Å²) in [5.74, 6) is 0.376. The Balaban J connectivity index is 3.01. The standard InChI is InChI=1S/C10H9ClN2O/c1-7(2)13-14-10-5-9(11)4-3-8(10)6-12/h3-5H,1-2H3. The molecule has 0 heterocycles. The molecule has 0 atom stereocenters. The number of oxime groups is 1. The highest BCUT2D eigenvalue weighted by molar-refractivity contribution is 6.30. The highest BCUT2D eigenvalue weighted by Crippen LogP contribution is 2.22. The third-order valence-corrected chi connectivity index (χ3v) is 1.63. The number of nitrogens with zero attached hydrogens (tertiary/aromatic N) is 2. The Kier molecular flexibility index (Phi) is 3.49. The fraction of sp³-hybridized carbons (Fsp3) is 0.200. The second-order valence-electron chi connectivity index (χ2n) is 2.88. The molecule has 72 valence electrons. The maximum atomic E-state index is 8.75. The van der Waals surface area contributed by atoms with E-state index in [4.69, 9.17) is 21.7 Å². The molecule has 0 N–H and O–H groups in total.